The molecule has 0 radical (unpaired) electrons. The maximum atomic E-state index is 12.2. The first kappa shape index (κ1) is 16.9. The minimum absolute atomic E-state index is 0.265. The summed E-state index contributed by atoms with van der Waals surface area (Å²) in [6.45, 7) is 1.65. The van der Waals surface area contributed by atoms with Crippen LogP contribution in [0, 0.1) is 0 Å². The van der Waals surface area contributed by atoms with Crippen molar-refractivity contribution in [1.82, 2.24) is 0 Å². The molecule has 2 aromatic rings. The maximum Gasteiger partial charge on any atom is 0.364 e. The Bertz CT molecular complexity index is 1030. The molecule has 2 aliphatic rings. The van der Waals surface area contributed by atoms with Gasteiger partial charge < -0.3 is 18.9 Å². The summed E-state index contributed by atoms with van der Waals surface area (Å²) in [6.07, 6.45) is 1.79. The monoisotopic (exact) mass is 363 g/mol. The molecule has 0 fully saturated rings. The average Bonchev–Trinajstić information content (AvgIpc) is 3.04. The number of aliphatic imine (C=N–C) groups is 1. The number of ether oxygens (including phenoxy) is 4. The zero-order valence-electron chi connectivity index (χ0n) is 15.1. The number of fused-ring (bicyclic) bond motifs is 1. The van der Waals surface area contributed by atoms with Crippen molar-refractivity contribution in [3.63, 3.8) is 0 Å². The van der Waals surface area contributed by atoms with Gasteiger partial charge in [0.05, 0.1) is 14.2 Å². The number of hydrogen-bond acceptors (Lipinski definition) is 6. The molecule has 0 bridgehead atoms. The van der Waals surface area contributed by atoms with Gasteiger partial charge in [-0.1, -0.05) is 18.2 Å². The lowest BCUT2D eigenvalue weighted by molar-refractivity contribution is -0.130. The molecular formula is C21H17NO5. The van der Waals surface area contributed by atoms with Gasteiger partial charge >= 0.3 is 5.97 Å². The van der Waals surface area contributed by atoms with Gasteiger partial charge in [0.2, 0.25) is 0 Å². The van der Waals surface area contributed by atoms with Crippen LogP contribution in [0.15, 0.2) is 59.2 Å². The number of para-hydroxylation sites is 1. The molecular weight excluding hydrogens is 346 g/mol. The van der Waals surface area contributed by atoms with Crippen LogP contribution in [0.25, 0.3) is 11.3 Å². The highest BCUT2D eigenvalue weighted by Gasteiger charge is 2.28. The molecule has 0 N–H and O–H groups in total. The van der Waals surface area contributed by atoms with Crippen LogP contribution in [0.3, 0.4) is 0 Å². The molecule has 0 spiro atoms. The van der Waals surface area contributed by atoms with Crippen molar-refractivity contribution in [2.75, 3.05) is 14.2 Å². The van der Waals surface area contributed by atoms with E-state index in [0.717, 1.165) is 11.1 Å². The number of rotatable bonds is 3. The summed E-state index contributed by atoms with van der Waals surface area (Å²) in [7, 11) is 3.16. The second kappa shape index (κ2) is 6.64. The Balaban J connectivity index is 1.89. The Kier molecular flexibility index (Phi) is 4.16. The molecule has 0 aromatic heterocycles. The zero-order chi connectivity index (χ0) is 19.0. The standard InChI is InChI=1S/C21H17NO5/c1-12-22-20(21(23)26-12)15-11-18(27-16-7-5-4-6-14(15)16)13-8-9-17(24-2)19(10-13)25-3/h4-11H,1-3H3. The molecule has 0 atom stereocenters. The molecule has 0 saturated heterocycles. The molecule has 4 rings (SSSR count). The number of methoxy groups -OCH3 is 2. The predicted octanol–water partition coefficient (Wildman–Crippen LogP) is 3.82. The van der Waals surface area contributed by atoms with E-state index in [1.165, 1.54) is 0 Å². The second-order valence-corrected chi connectivity index (χ2v) is 5.96. The van der Waals surface area contributed by atoms with E-state index in [0.29, 0.717) is 34.5 Å². The van der Waals surface area contributed by atoms with Crippen molar-refractivity contribution < 1.29 is 23.7 Å². The van der Waals surface area contributed by atoms with E-state index >= 15 is 0 Å². The second-order valence-electron chi connectivity index (χ2n) is 5.96. The fourth-order valence-corrected chi connectivity index (χ4v) is 3.04. The zero-order valence-corrected chi connectivity index (χ0v) is 15.1. The van der Waals surface area contributed by atoms with Crippen LogP contribution in [0.2, 0.25) is 0 Å². The molecule has 6 nitrogen and oxygen atoms in total. The molecule has 0 unspecified atom stereocenters. The fraction of sp³-hybridized carbons (Fsp3) is 0.143. The maximum absolute atomic E-state index is 12.2. The van der Waals surface area contributed by atoms with Crippen LogP contribution in [0.4, 0.5) is 0 Å². The van der Waals surface area contributed by atoms with E-state index in [2.05, 4.69) is 4.99 Å². The lowest BCUT2D eigenvalue weighted by Gasteiger charge is -2.21. The largest absolute Gasteiger partial charge is 0.493 e. The highest BCUT2D eigenvalue weighted by Crippen LogP contribution is 2.41. The third kappa shape index (κ3) is 2.95. The number of hydrogen-bond donors (Lipinski definition) is 0. The van der Waals surface area contributed by atoms with Gasteiger partial charge in [0, 0.05) is 23.6 Å². The summed E-state index contributed by atoms with van der Waals surface area (Å²) in [6, 6.07) is 13.0. The minimum Gasteiger partial charge on any atom is -0.493 e. The molecule has 0 saturated carbocycles. The Morgan fingerprint density at radius 1 is 0.963 bits per heavy atom. The van der Waals surface area contributed by atoms with E-state index in [9.17, 15) is 4.79 Å². The van der Waals surface area contributed by atoms with Crippen molar-refractivity contribution >= 4 is 23.2 Å². The lowest BCUT2D eigenvalue weighted by Crippen LogP contribution is -2.08. The summed E-state index contributed by atoms with van der Waals surface area (Å²) in [5.74, 6) is 2.28. The van der Waals surface area contributed by atoms with Gasteiger partial charge in [0.25, 0.3) is 0 Å². The van der Waals surface area contributed by atoms with Gasteiger partial charge in [0.1, 0.15) is 11.5 Å². The topological polar surface area (TPSA) is 66.4 Å². The Labute approximate surface area is 156 Å². The third-order valence-corrected chi connectivity index (χ3v) is 4.30. The third-order valence-electron chi connectivity index (χ3n) is 4.30. The number of carbonyl (C=O) groups is 1. The predicted molar refractivity (Wildman–Crippen MR) is 101 cm³/mol. The van der Waals surface area contributed by atoms with E-state index in [1.807, 2.05) is 36.4 Å². The van der Waals surface area contributed by atoms with Gasteiger partial charge in [-0.25, -0.2) is 9.79 Å². The van der Waals surface area contributed by atoms with Gasteiger partial charge in [-0.2, -0.15) is 0 Å². The van der Waals surface area contributed by atoms with Gasteiger partial charge in [-0.15, -0.1) is 0 Å². The van der Waals surface area contributed by atoms with Crippen molar-refractivity contribution in [3.8, 4) is 17.2 Å². The molecule has 6 heteroatoms. The lowest BCUT2D eigenvalue weighted by atomic mass is 9.97. The molecule has 27 heavy (non-hydrogen) atoms. The van der Waals surface area contributed by atoms with Gasteiger partial charge in [-0.05, 0) is 30.3 Å². The Hall–Kier alpha value is -3.54. The highest BCUT2D eigenvalue weighted by atomic mass is 16.6. The molecule has 0 amide bonds. The van der Waals surface area contributed by atoms with E-state index in [-0.39, 0.29) is 5.70 Å². The number of allylic oxidation sites excluding steroid dienone is 2. The highest BCUT2D eigenvalue weighted by molar-refractivity contribution is 6.11. The molecule has 2 heterocycles. The van der Waals surface area contributed by atoms with Crippen LogP contribution in [-0.2, 0) is 9.53 Å². The summed E-state index contributed by atoms with van der Waals surface area (Å²) < 4.78 is 21.8. The summed E-state index contributed by atoms with van der Waals surface area (Å²) in [5.41, 5.74) is 2.49. The van der Waals surface area contributed by atoms with Gasteiger partial charge in [-0.3, -0.25) is 0 Å². The fourth-order valence-electron chi connectivity index (χ4n) is 3.04. The van der Waals surface area contributed by atoms with Crippen LogP contribution in [-0.4, -0.2) is 26.1 Å². The SMILES string of the molecule is COc1ccc(C2=CC(=C3N=C(C)OC3=O)c3ccccc3O2)cc1OC. The number of nitrogens with zero attached hydrogens (tertiary/aromatic N) is 1. The summed E-state index contributed by atoms with van der Waals surface area (Å²) in [4.78, 5) is 16.5. The first-order valence-corrected chi connectivity index (χ1v) is 8.34. The average molecular weight is 363 g/mol. The van der Waals surface area contributed by atoms with Crippen molar-refractivity contribution in [2.24, 2.45) is 4.99 Å². The normalized spacial score (nSPS) is 18.1. The van der Waals surface area contributed by atoms with E-state index in [1.54, 1.807) is 33.3 Å². The minimum atomic E-state index is -0.470. The van der Waals surface area contributed by atoms with Gasteiger partial charge in [0.15, 0.2) is 23.1 Å². The van der Waals surface area contributed by atoms with Crippen LogP contribution < -0.4 is 14.2 Å². The number of cyclic esters (lactones) is 1. The van der Waals surface area contributed by atoms with Crippen LogP contribution >= 0.6 is 0 Å². The first-order chi connectivity index (χ1) is 13.1. The first-order valence-electron chi connectivity index (χ1n) is 8.34. The quantitative estimate of drug-likeness (QED) is 0.613. The molecule has 2 aliphatic heterocycles. The van der Waals surface area contributed by atoms with Crippen molar-refractivity contribution in [1.29, 1.82) is 0 Å². The molecule has 136 valence electrons. The van der Waals surface area contributed by atoms with Crippen LogP contribution in [0.1, 0.15) is 18.1 Å². The summed E-state index contributed by atoms with van der Waals surface area (Å²) in [5, 5.41) is 0. The number of esters is 1. The molecule has 2 aromatic carbocycles. The smallest absolute Gasteiger partial charge is 0.364 e. The Morgan fingerprint density at radius 2 is 1.74 bits per heavy atom. The van der Waals surface area contributed by atoms with E-state index < -0.39 is 5.97 Å². The van der Waals surface area contributed by atoms with E-state index in [4.69, 9.17) is 18.9 Å². The summed E-state index contributed by atoms with van der Waals surface area (Å²) >= 11 is 0. The Morgan fingerprint density at radius 3 is 2.44 bits per heavy atom. The molecule has 0 aliphatic carbocycles. The number of benzene rings is 2. The van der Waals surface area contributed by atoms with Crippen molar-refractivity contribution in [3.05, 3.63) is 65.4 Å². The van der Waals surface area contributed by atoms with Crippen LogP contribution in [0.5, 0.6) is 17.2 Å². The number of carbonyl (C=O) groups excluding carboxylic acids is 1. The van der Waals surface area contributed by atoms with Crippen molar-refractivity contribution in [2.45, 2.75) is 6.92 Å².